The minimum Gasteiger partial charge on any atom is -0.469 e. The van der Waals surface area contributed by atoms with E-state index in [-0.39, 0.29) is 13.0 Å². The van der Waals surface area contributed by atoms with Crippen molar-refractivity contribution in [1.82, 2.24) is 9.29 Å². The van der Waals surface area contributed by atoms with Gasteiger partial charge in [0.05, 0.1) is 19.2 Å². The molecule has 0 spiro atoms. The fourth-order valence-corrected chi connectivity index (χ4v) is 2.45. The molecule has 0 fully saturated rings. The van der Waals surface area contributed by atoms with E-state index in [9.17, 15) is 13.2 Å². The molecule has 0 saturated heterocycles. The van der Waals surface area contributed by atoms with Gasteiger partial charge < -0.3 is 9.64 Å². The molecule has 0 radical (unpaired) electrons. The molecule has 118 valence electrons. The fraction of sp³-hybridized carbons (Fsp3) is 0.500. The summed E-state index contributed by atoms with van der Waals surface area (Å²) >= 11 is 0. The molecule has 0 unspecified atom stereocenters. The Labute approximate surface area is 124 Å². The third-order valence-corrected chi connectivity index (χ3v) is 4.20. The molecule has 0 bridgehead atoms. The summed E-state index contributed by atoms with van der Waals surface area (Å²) in [4.78, 5) is 16.9. The van der Waals surface area contributed by atoms with Crippen LogP contribution in [0.5, 0.6) is 0 Å². The van der Waals surface area contributed by atoms with Gasteiger partial charge in [-0.05, 0) is 12.1 Å². The maximum atomic E-state index is 12.2. The van der Waals surface area contributed by atoms with Crippen LogP contribution in [0.25, 0.3) is 0 Å². The Morgan fingerprint density at radius 1 is 1.38 bits per heavy atom. The topological polar surface area (TPSA) is 91.8 Å². The number of rotatable bonds is 7. The highest BCUT2D eigenvalue weighted by molar-refractivity contribution is 7.90. The lowest BCUT2D eigenvalue weighted by atomic mass is 10.4. The molecule has 1 rings (SSSR count). The number of anilines is 2. The van der Waals surface area contributed by atoms with Gasteiger partial charge in [0.25, 0.3) is 0 Å². The first kappa shape index (κ1) is 17.2. The van der Waals surface area contributed by atoms with Gasteiger partial charge in [-0.3, -0.25) is 9.52 Å². The van der Waals surface area contributed by atoms with Crippen LogP contribution in [0.2, 0.25) is 0 Å². The van der Waals surface area contributed by atoms with Crippen molar-refractivity contribution in [3.05, 3.63) is 18.3 Å². The van der Waals surface area contributed by atoms with Gasteiger partial charge in [-0.1, -0.05) is 0 Å². The summed E-state index contributed by atoms with van der Waals surface area (Å²) in [7, 11) is 2.41. The Kier molecular flexibility index (Phi) is 5.91. The molecular weight excluding hydrogens is 296 g/mol. The Morgan fingerprint density at radius 2 is 2.05 bits per heavy atom. The van der Waals surface area contributed by atoms with Crippen LogP contribution in [0.1, 0.15) is 6.42 Å². The second kappa shape index (κ2) is 7.23. The molecule has 9 heteroatoms. The zero-order valence-corrected chi connectivity index (χ0v) is 13.3. The molecule has 1 aromatic rings. The lowest BCUT2D eigenvalue weighted by Gasteiger charge is -2.21. The van der Waals surface area contributed by atoms with Gasteiger partial charge in [-0.25, -0.2) is 4.98 Å². The number of esters is 1. The molecular formula is C12H20N4O4S. The van der Waals surface area contributed by atoms with Crippen LogP contribution >= 0.6 is 0 Å². The minimum absolute atomic E-state index is 0.0124. The predicted octanol–water partition coefficient (Wildman–Crippen LogP) is 0.299. The molecule has 0 aliphatic rings. The molecule has 0 atom stereocenters. The van der Waals surface area contributed by atoms with E-state index < -0.39 is 16.2 Å². The van der Waals surface area contributed by atoms with E-state index in [0.717, 1.165) is 4.31 Å². The van der Waals surface area contributed by atoms with Crippen molar-refractivity contribution in [3.63, 3.8) is 0 Å². The maximum Gasteiger partial charge on any atom is 0.306 e. The third-order valence-electron chi connectivity index (χ3n) is 2.72. The molecule has 1 aromatic heterocycles. The molecule has 1 N–H and O–H groups in total. The van der Waals surface area contributed by atoms with E-state index in [2.05, 4.69) is 14.4 Å². The number of hydrogen-bond acceptors (Lipinski definition) is 6. The Morgan fingerprint density at radius 3 is 2.62 bits per heavy atom. The van der Waals surface area contributed by atoms with Crippen LogP contribution in [0, 0.1) is 0 Å². The monoisotopic (exact) mass is 316 g/mol. The highest BCUT2D eigenvalue weighted by atomic mass is 32.2. The van der Waals surface area contributed by atoms with Crippen LogP contribution in [0.4, 0.5) is 11.5 Å². The molecule has 0 aliphatic heterocycles. The van der Waals surface area contributed by atoms with Crippen molar-refractivity contribution < 1.29 is 17.9 Å². The molecule has 0 amide bonds. The standard InChI is InChI=1S/C12H20N4O4S/c1-15(2)12-10(6-5-8-13-12)14-21(18,19)16(3)9-7-11(17)20-4/h5-6,8,14H,7,9H2,1-4H3. The summed E-state index contributed by atoms with van der Waals surface area (Å²) in [5.41, 5.74) is 0.368. The highest BCUT2D eigenvalue weighted by Gasteiger charge is 2.20. The summed E-state index contributed by atoms with van der Waals surface area (Å²) in [6.45, 7) is 0.0273. The average Bonchev–Trinajstić information content (AvgIpc) is 2.44. The van der Waals surface area contributed by atoms with Gasteiger partial charge in [-0.15, -0.1) is 0 Å². The number of nitrogens with one attached hydrogen (secondary N) is 1. The maximum absolute atomic E-state index is 12.2. The van der Waals surface area contributed by atoms with Crippen LogP contribution < -0.4 is 9.62 Å². The summed E-state index contributed by atoms with van der Waals surface area (Å²) < 4.78 is 32.4. The van der Waals surface area contributed by atoms with E-state index >= 15 is 0 Å². The number of aromatic nitrogens is 1. The molecule has 8 nitrogen and oxygen atoms in total. The van der Waals surface area contributed by atoms with Crippen LogP contribution in [0.3, 0.4) is 0 Å². The van der Waals surface area contributed by atoms with E-state index in [1.807, 2.05) is 0 Å². The summed E-state index contributed by atoms with van der Waals surface area (Å²) in [5.74, 6) is 0.0369. The number of hydrogen-bond donors (Lipinski definition) is 1. The zero-order chi connectivity index (χ0) is 16.0. The SMILES string of the molecule is COC(=O)CCN(C)S(=O)(=O)Nc1cccnc1N(C)C. The van der Waals surface area contributed by atoms with Crippen LogP contribution in [-0.4, -0.2) is 58.5 Å². The Balaban J connectivity index is 2.83. The first-order valence-corrected chi connectivity index (χ1v) is 7.65. The van der Waals surface area contributed by atoms with E-state index in [1.54, 1.807) is 37.3 Å². The van der Waals surface area contributed by atoms with Crippen molar-refractivity contribution in [2.75, 3.05) is 44.4 Å². The number of pyridine rings is 1. The fourth-order valence-electron chi connectivity index (χ4n) is 1.52. The number of carbonyl (C=O) groups is 1. The number of ether oxygens (including phenoxy) is 1. The molecule has 21 heavy (non-hydrogen) atoms. The van der Waals surface area contributed by atoms with Crippen LogP contribution in [0.15, 0.2) is 18.3 Å². The number of methoxy groups -OCH3 is 1. The van der Waals surface area contributed by atoms with Gasteiger partial charge in [0.1, 0.15) is 0 Å². The summed E-state index contributed by atoms with van der Waals surface area (Å²) in [5, 5.41) is 0. The van der Waals surface area contributed by atoms with Gasteiger partial charge in [0.15, 0.2) is 5.82 Å². The van der Waals surface area contributed by atoms with Crippen molar-refractivity contribution in [2.24, 2.45) is 0 Å². The molecule has 0 aliphatic carbocycles. The molecule has 0 aromatic carbocycles. The largest absolute Gasteiger partial charge is 0.469 e. The van der Waals surface area contributed by atoms with Crippen LogP contribution in [-0.2, 0) is 19.7 Å². The van der Waals surface area contributed by atoms with E-state index in [4.69, 9.17) is 0 Å². The summed E-state index contributed by atoms with van der Waals surface area (Å²) in [6.07, 6.45) is 1.57. The quantitative estimate of drug-likeness (QED) is 0.727. The predicted molar refractivity (Wildman–Crippen MR) is 80.4 cm³/mol. The highest BCUT2D eigenvalue weighted by Crippen LogP contribution is 2.22. The second-order valence-corrected chi connectivity index (χ2v) is 6.30. The van der Waals surface area contributed by atoms with E-state index in [0.29, 0.717) is 11.5 Å². The molecule has 1 heterocycles. The number of carbonyl (C=O) groups excluding carboxylic acids is 1. The zero-order valence-electron chi connectivity index (χ0n) is 12.5. The van der Waals surface area contributed by atoms with Gasteiger partial charge in [0, 0.05) is 33.9 Å². The lowest BCUT2D eigenvalue weighted by Crippen LogP contribution is -2.34. The minimum atomic E-state index is -3.76. The number of nitrogens with zero attached hydrogens (tertiary/aromatic N) is 3. The lowest BCUT2D eigenvalue weighted by molar-refractivity contribution is -0.140. The van der Waals surface area contributed by atoms with Gasteiger partial charge in [0.2, 0.25) is 0 Å². The van der Waals surface area contributed by atoms with Crippen molar-refractivity contribution in [2.45, 2.75) is 6.42 Å². The second-order valence-electron chi connectivity index (χ2n) is 4.52. The molecule has 0 saturated carbocycles. The van der Waals surface area contributed by atoms with Gasteiger partial charge in [-0.2, -0.15) is 12.7 Å². The van der Waals surface area contributed by atoms with Crippen molar-refractivity contribution in [3.8, 4) is 0 Å². The first-order chi connectivity index (χ1) is 9.77. The van der Waals surface area contributed by atoms with E-state index in [1.165, 1.54) is 14.2 Å². The Hall–Kier alpha value is -1.87. The van der Waals surface area contributed by atoms with Crippen molar-refractivity contribution in [1.29, 1.82) is 0 Å². The smallest absolute Gasteiger partial charge is 0.306 e. The Bertz CT molecular complexity index is 589. The summed E-state index contributed by atoms with van der Waals surface area (Å²) in [6, 6.07) is 3.26. The van der Waals surface area contributed by atoms with Gasteiger partial charge >= 0.3 is 16.2 Å². The first-order valence-electron chi connectivity index (χ1n) is 6.21. The third kappa shape index (κ3) is 4.87. The average molecular weight is 316 g/mol. The normalized spacial score (nSPS) is 11.3. The van der Waals surface area contributed by atoms with Crippen molar-refractivity contribution >= 4 is 27.7 Å².